The van der Waals surface area contributed by atoms with Gasteiger partial charge in [0.1, 0.15) is 0 Å². The number of nitrogens with one attached hydrogen (secondary N) is 1. The van der Waals surface area contributed by atoms with Gasteiger partial charge in [-0.2, -0.15) is 0 Å². The standard InChI is InChI=1S/C19H24N4O.2ClH/c1-22(18-10-16-6-7-17(11-18)21-16)19(24)15-4-2-14(3-5-15)12-23-9-8-20-13-23;;/h2-5,8-9,13,16-18,21H,6-7,10-12H2,1H3;2*1H. The molecule has 3 heterocycles. The molecule has 2 unspecified atom stereocenters. The van der Waals surface area contributed by atoms with E-state index >= 15 is 0 Å². The molecule has 1 aromatic heterocycles. The Hall–Kier alpha value is -1.56. The molecule has 26 heavy (non-hydrogen) atoms. The molecule has 2 atom stereocenters. The Morgan fingerprint density at radius 3 is 2.42 bits per heavy atom. The van der Waals surface area contributed by atoms with Crippen molar-refractivity contribution in [2.75, 3.05) is 7.05 Å². The molecule has 2 fully saturated rings. The van der Waals surface area contributed by atoms with Crippen LogP contribution in [0, 0.1) is 0 Å². The number of amides is 1. The molecule has 0 aliphatic carbocycles. The first-order valence-electron chi connectivity index (χ1n) is 8.77. The first-order chi connectivity index (χ1) is 11.7. The van der Waals surface area contributed by atoms with Crippen LogP contribution in [0.25, 0.3) is 0 Å². The van der Waals surface area contributed by atoms with Crippen LogP contribution in [0.3, 0.4) is 0 Å². The van der Waals surface area contributed by atoms with Crippen LogP contribution in [0.15, 0.2) is 43.0 Å². The average Bonchev–Trinajstić information content (AvgIpc) is 3.23. The summed E-state index contributed by atoms with van der Waals surface area (Å²) in [5, 5.41) is 3.64. The van der Waals surface area contributed by atoms with Crippen molar-refractivity contribution in [1.82, 2.24) is 19.8 Å². The van der Waals surface area contributed by atoms with Gasteiger partial charge < -0.3 is 14.8 Å². The van der Waals surface area contributed by atoms with Crippen molar-refractivity contribution in [1.29, 1.82) is 0 Å². The van der Waals surface area contributed by atoms with Crippen molar-refractivity contribution in [2.24, 2.45) is 0 Å². The van der Waals surface area contributed by atoms with Crippen LogP contribution < -0.4 is 5.32 Å². The zero-order valence-corrected chi connectivity index (χ0v) is 16.5. The van der Waals surface area contributed by atoms with Crippen LogP contribution in [0.1, 0.15) is 41.6 Å². The van der Waals surface area contributed by atoms with Crippen LogP contribution in [0.5, 0.6) is 0 Å². The van der Waals surface area contributed by atoms with Gasteiger partial charge in [-0.15, -0.1) is 24.8 Å². The average molecular weight is 397 g/mol. The predicted molar refractivity (Wildman–Crippen MR) is 107 cm³/mol. The molecule has 7 heteroatoms. The van der Waals surface area contributed by atoms with E-state index in [1.165, 1.54) is 18.4 Å². The van der Waals surface area contributed by atoms with Gasteiger partial charge in [-0.25, -0.2) is 4.98 Å². The normalized spacial score (nSPS) is 23.7. The molecule has 1 N–H and O–H groups in total. The summed E-state index contributed by atoms with van der Waals surface area (Å²) in [6.07, 6.45) is 10.2. The van der Waals surface area contributed by atoms with E-state index in [4.69, 9.17) is 0 Å². The zero-order chi connectivity index (χ0) is 16.5. The van der Waals surface area contributed by atoms with E-state index < -0.39 is 0 Å². The maximum atomic E-state index is 12.8. The Morgan fingerprint density at radius 2 is 1.85 bits per heavy atom. The maximum Gasteiger partial charge on any atom is 0.253 e. The molecule has 2 aliphatic rings. The quantitative estimate of drug-likeness (QED) is 0.863. The fourth-order valence-electron chi connectivity index (χ4n) is 4.06. The van der Waals surface area contributed by atoms with Gasteiger partial charge in [-0.1, -0.05) is 12.1 Å². The Kier molecular flexibility index (Phi) is 7.09. The summed E-state index contributed by atoms with van der Waals surface area (Å²) in [5.74, 6) is 0.135. The highest BCUT2D eigenvalue weighted by atomic mass is 35.5. The number of rotatable bonds is 4. The number of piperidine rings is 1. The number of benzene rings is 1. The molecule has 2 bridgehead atoms. The van der Waals surface area contributed by atoms with Crippen LogP contribution >= 0.6 is 24.8 Å². The van der Waals surface area contributed by atoms with Crippen molar-refractivity contribution in [3.05, 3.63) is 54.1 Å². The van der Waals surface area contributed by atoms with Crippen molar-refractivity contribution in [3.8, 4) is 0 Å². The van der Waals surface area contributed by atoms with Gasteiger partial charge in [0.05, 0.1) is 6.33 Å². The predicted octanol–water partition coefficient (Wildman–Crippen LogP) is 3.13. The molecule has 142 valence electrons. The second-order valence-corrected chi connectivity index (χ2v) is 7.11. The second kappa shape index (κ2) is 8.89. The number of hydrogen-bond donors (Lipinski definition) is 1. The zero-order valence-electron chi connectivity index (χ0n) is 14.9. The highest BCUT2D eigenvalue weighted by molar-refractivity contribution is 5.94. The summed E-state index contributed by atoms with van der Waals surface area (Å²) in [7, 11) is 1.96. The number of carbonyl (C=O) groups is 1. The molecule has 2 aromatic rings. The van der Waals surface area contributed by atoms with E-state index in [0.29, 0.717) is 18.1 Å². The van der Waals surface area contributed by atoms with Crippen LogP contribution in [-0.2, 0) is 6.54 Å². The fourth-order valence-corrected chi connectivity index (χ4v) is 4.06. The third-order valence-corrected chi connectivity index (χ3v) is 5.44. The Bertz CT molecular complexity index is 693. The van der Waals surface area contributed by atoms with E-state index in [1.54, 1.807) is 12.5 Å². The summed E-state index contributed by atoms with van der Waals surface area (Å²) in [6, 6.07) is 9.52. The molecule has 2 aliphatic heterocycles. The molecule has 0 spiro atoms. The minimum Gasteiger partial charge on any atom is -0.339 e. The van der Waals surface area contributed by atoms with E-state index in [-0.39, 0.29) is 30.7 Å². The van der Waals surface area contributed by atoms with Gasteiger partial charge in [0.15, 0.2) is 0 Å². The summed E-state index contributed by atoms with van der Waals surface area (Å²) in [6.45, 7) is 0.780. The number of carbonyl (C=O) groups excluding carboxylic acids is 1. The summed E-state index contributed by atoms with van der Waals surface area (Å²) < 4.78 is 2.02. The van der Waals surface area contributed by atoms with E-state index in [2.05, 4.69) is 10.3 Å². The lowest BCUT2D eigenvalue weighted by Gasteiger charge is -2.35. The second-order valence-electron chi connectivity index (χ2n) is 7.11. The highest BCUT2D eigenvalue weighted by Gasteiger charge is 2.36. The van der Waals surface area contributed by atoms with Gasteiger partial charge in [0, 0.05) is 49.7 Å². The molecule has 5 nitrogen and oxygen atoms in total. The SMILES string of the molecule is CN(C(=O)c1ccc(Cn2ccnc2)cc1)C1CC2CCC(C1)N2.Cl.Cl. The first kappa shape index (κ1) is 20.7. The Morgan fingerprint density at radius 1 is 1.19 bits per heavy atom. The van der Waals surface area contributed by atoms with Gasteiger partial charge in [-0.3, -0.25) is 4.79 Å². The van der Waals surface area contributed by atoms with E-state index in [1.807, 2.05) is 47.0 Å². The summed E-state index contributed by atoms with van der Waals surface area (Å²) in [4.78, 5) is 18.8. The number of aromatic nitrogens is 2. The maximum absolute atomic E-state index is 12.8. The molecule has 0 saturated carbocycles. The van der Waals surface area contributed by atoms with Crippen LogP contribution in [0.4, 0.5) is 0 Å². The Labute approximate surface area is 167 Å². The molecule has 0 radical (unpaired) electrons. The Balaban J connectivity index is 0.00000121. The highest BCUT2D eigenvalue weighted by Crippen LogP contribution is 2.29. The third kappa shape index (κ3) is 4.40. The molecule has 1 amide bonds. The first-order valence-corrected chi connectivity index (χ1v) is 8.77. The number of nitrogens with zero attached hydrogens (tertiary/aromatic N) is 3. The number of hydrogen-bond acceptors (Lipinski definition) is 3. The lowest BCUT2D eigenvalue weighted by atomic mass is 9.98. The van der Waals surface area contributed by atoms with E-state index in [0.717, 1.165) is 24.9 Å². The van der Waals surface area contributed by atoms with Gasteiger partial charge in [0.25, 0.3) is 5.91 Å². The van der Waals surface area contributed by atoms with Crippen LogP contribution in [0.2, 0.25) is 0 Å². The topological polar surface area (TPSA) is 50.2 Å². The smallest absolute Gasteiger partial charge is 0.253 e. The van der Waals surface area contributed by atoms with Gasteiger partial charge in [0.2, 0.25) is 0 Å². The van der Waals surface area contributed by atoms with Crippen LogP contribution in [-0.4, -0.2) is 45.5 Å². The molecule has 1 aromatic carbocycles. The van der Waals surface area contributed by atoms with Crippen molar-refractivity contribution in [3.63, 3.8) is 0 Å². The molecular weight excluding hydrogens is 371 g/mol. The minimum atomic E-state index is 0. The summed E-state index contributed by atoms with van der Waals surface area (Å²) in [5.41, 5.74) is 1.95. The van der Waals surface area contributed by atoms with Crippen molar-refractivity contribution < 1.29 is 4.79 Å². The van der Waals surface area contributed by atoms with Crippen molar-refractivity contribution in [2.45, 2.75) is 50.4 Å². The van der Waals surface area contributed by atoms with Gasteiger partial charge in [-0.05, 0) is 43.4 Å². The number of fused-ring (bicyclic) bond motifs is 2. The monoisotopic (exact) mass is 396 g/mol. The minimum absolute atomic E-state index is 0. The van der Waals surface area contributed by atoms with E-state index in [9.17, 15) is 4.79 Å². The fraction of sp³-hybridized carbons (Fsp3) is 0.474. The number of halogens is 2. The lowest BCUT2D eigenvalue weighted by molar-refractivity contribution is 0.0681. The molecular formula is C19H26Cl2N4O. The third-order valence-electron chi connectivity index (χ3n) is 5.44. The lowest BCUT2D eigenvalue weighted by Crippen LogP contribution is -2.48. The molecule has 4 rings (SSSR count). The van der Waals surface area contributed by atoms with Gasteiger partial charge >= 0.3 is 0 Å². The summed E-state index contributed by atoms with van der Waals surface area (Å²) >= 11 is 0. The largest absolute Gasteiger partial charge is 0.339 e. The number of imidazole rings is 1. The molecule has 2 saturated heterocycles. The van der Waals surface area contributed by atoms with Crippen molar-refractivity contribution >= 4 is 30.7 Å².